The number of carbonyl (C=O) groups is 1. The maximum Gasteiger partial charge on any atom is 0.228 e. The summed E-state index contributed by atoms with van der Waals surface area (Å²) in [5, 5.41) is 6.22. The van der Waals surface area contributed by atoms with Gasteiger partial charge in [0.15, 0.2) is 0 Å². The highest BCUT2D eigenvalue weighted by atomic mass is 32.1. The monoisotopic (exact) mass is 358 g/mol. The van der Waals surface area contributed by atoms with Gasteiger partial charge in [0.25, 0.3) is 0 Å². The second-order valence-electron chi connectivity index (χ2n) is 6.25. The minimum Gasteiger partial charge on any atom is -0.326 e. The maximum absolute atomic E-state index is 12.4. The van der Waals surface area contributed by atoms with E-state index in [1.54, 1.807) is 11.3 Å². The third kappa shape index (κ3) is 3.51. The van der Waals surface area contributed by atoms with Crippen molar-refractivity contribution >= 4 is 33.0 Å². The standard InChI is InChI=1S/C22H18N2OS/c1-15-12-17(10-11-23-15)16-6-8-19(9-7-16)24-22(25)13-18-14-26-21-5-3-2-4-20(18)21/h2-12,14H,13H2,1H3,(H,24,25). The van der Waals surface area contributed by atoms with E-state index in [0.29, 0.717) is 6.42 Å². The number of benzene rings is 2. The summed E-state index contributed by atoms with van der Waals surface area (Å²) in [5.74, 6) is 0.000980. The number of thiophene rings is 1. The van der Waals surface area contributed by atoms with Crippen LogP contribution in [0.3, 0.4) is 0 Å². The Hall–Kier alpha value is -2.98. The second kappa shape index (κ2) is 7.10. The first-order valence-electron chi connectivity index (χ1n) is 8.47. The van der Waals surface area contributed by atoms with Crippen LogP contribution in [0.1, 0.15) is 11.3 Å². The lowest BCUT2D eigenvalue weighted by Crippen LogP contribution is -2.14. The number of nitrogens with zero attached hydrogens (tertiary/aromatic N) is 1. The predicted octanol–water partition coefficient (Wildman–Crippen LogP) is 5.45. The van der Waals surface area contributed by atoms with Crippen LogP contribution in [-0.2, 0) is 11.2 Å². The van der Waals surface area contributed by atoms with Crippen LogP contribution in [0.4, 0.5) is 5.69 Å². The molecule has 0 atom stereocenters. The SMILES string of the molecule is Cc1cc(-c2ccc(NC(=O)Cc3csc4ccccc34)cc2)ccn1. The Morgan fingerprint density at radius 1 is 1.04 bits per heavy atom. The number of rotatable bonds is 4. The largest absolute Gasteiger partial charge is 0.326 e. The first-order valence-corrected chi connectivity index (χ1v) is 9.35. The van der Waals surface area contributed by atoms with Crippen molar-refractivity contribution in [1.82, 2.24) is 4.98 Å². The van der Waals surface area contributed by atoms with Crippen molar-refractivity contribution in [2.45, 2.75) is 13.3 Å². The molecule has 4 aromatic rings. The molecule has 3 nitrogen and oxygen atoms in total. The van der Waals surface area contributed by atoms with E-state index in [2.05, 4.69) is 33.9 Å². The highest BCUT2D eigenvalue weighted by molar-refractivity contribution is 7.17. The quantitative estimate of drug-likeness (QED) is 0.527. The number of carbonyl (C=O) groups excluding carboxylic acids is 1. The molecule has 0 radical (unpaired) electrons. The van der Waals surface area contributed by atoms with Crippen LogP contribution in [0, 0.1) is 6.92 Å². The van der Waals surface area contributed by atoms with E-state index in [1.165, 1.54) is 4.70 Å². The van der Waals surface area contributed by atoms with E-state index in [9.17, 15) is 4.79 Å². The van der Waals surface area contributed by atoms with Gasteiger partial charge in [-0.1, -0.05) is 30.3 Å². The number of aromatic nitrogens is 1. The lowest BCUT2D eigenvalue weighted by molar-refractivity contribution is -0.115. The van der Waals surface area contributed by atoms with Crippen LogP contribution >= 0.6 is 11.3 Å². The zero-order valence-electron chi connectivity index (χ0n) is 14.4. The van der Waals surface area contributed by atoms with E-state index in [4.69, 9.17) is 0 Å². The molecule has 0 unspecified atom stereocenters. The molecule has 4 rings (SSSR count). The Morgan fingerprint density at radius 2 is 1.85 bits per heavy atom. The van der Waals surface area contributed by atoms with Crippen LogP contribution in [0.2, 0.25) is 0 Å². The Morgan fingerprint density at radius 3 is 2.65 bits per heavy atom. The van der Waals surface area contributed by atoms with Gasteiger partial charge in [-0.05, 0) is 64.7 Å². The molecular formula is C22H18N2OS. The fourth-order valence-electron chi connectivity index (χ4n) is 3.02. The number of pyridine rings is 1. The highest BCUT2D eigenvalue weighted by Gasteiger charge is 2.09. The molecule has 0 fully saturated rings. The molecule has 0 aliphatic heterocycles. The molecule has 128 valence electrons. The molecule has 1 N–H and O–H groups in total. The van der Waals surface area contributed by atoms with Crippen molar-refractivity contribution in [2.75, 3.05) is 5.32 Å². The smallest absolute Gasteiger partial charge is 0.228 e. The minimum atomic E-state index is 0.000980. The zero-order chi connectivity index (χ0) is 17.9. The van der Waals surface area contributed by atoms with E-state index in [-0.39, 0.29) is 5.91 Å². The third-order valence-electron chi connectivity index (χ3n) is 4.31. The molecule has 2 aromatic heterocycles. The highest BCUT2D eigenvalue weighted by Crippen LogP contribution is 2.26. The molecule has 0 aliphatic carbocycles. The lowest BCUT2D eigenvalue weighted by atomic mass is 10.1. The van der Waals surface area contributed by atoms with Crippen LogP contribution < -0.4 is 5.32 Å². The Bertz CT molecular complexity index is 1070. The van der Waals surface area contributed by atoms with E-state index >= 15 is 0 Å². The number of anilines is 1. The summed E-state index contributed by atoms with van der Waals surface area (Å²) in [6.45, 7) is 1.98. The van der Waals surface area contributed by atoms with Gasteiger partial charge in [0, 0.05) is 22.3 Å². The number of nitrogens with one attached hydrogen (secondary N) is 1. The molecule has 26 heavy (non-hydrogen) atoms. The maximum atomic E-state index is 12.4. The van der Waals surface area contributed by atoms with Crippen LogP contribution in [0.5, 0.6) is 0 Å². The molecule has 0 saturated heterocycles. The average Bonchev–Trinajstić information content (AvgIpc) is 3.05. The van der Waals surface area contributed by atoms with Gasteiger partial charge in [0.1, 0.15) is 0 Å². The van der Waals surface area contributed by atoms with E-state index < -0.39 is 0 Å². The number of aryl methyl sites for hydroxylation is 1. The van der Waals surface area contributed by atoms with Gasteiger partial charge in [0.05, 0.1) is 6.42 Å². The van der Waals surface area contributed by atoms with Gasteiger partial charge in [-0.3, -0.25) is 9.78 Å². The summed E-state index contributed by atoms with van der Waals surface area (Å²) in [4.78, 5) is 16.6. The van der Waals surface area contributed by atoms with E-state index in [0.717, 1.165) is 33.5 Å². The fourth-order valence-corrected chi connectivity index (χ4v) is 3.98. The van der Waals surface area contributed by atoms with Gasteiger partial charge in [-0.25, -0.2) is 0 Å². The van der Waals surface area contributed by atoms with Crippen LogP contribution in [0.15, 0.2) is 72.2 Å². The van der Waals surface area contributed by atoms with Crippen molar-refractivity contribution in [3.8, 4) is 11.1 Å². The van der Waals surface area contributed by atoms with E-state index in [1.807, 2.05) is 55.6 Å². The van der Waals surface area contributed by atoms with Crippen molar-refractivity contribution in [3.63, 3.8) is 0 Å². The fraction of sp³-hybridized carbons (Fsp3) is 0.0909. The predicted molar refractivity (Wildman–Crippen MR) is 109 cm³/mol. The van der Waals surface area contributed by atoms with Gasteiger partial charge in [-0.2, -0.15) is 0 Å². The zero-order valence-corrected chi connectivity index (χ0v) is 15.2. The summed E-state index contributed by atoms with van der Waals surface area (Å²) in [5.41, 5.74) is 5.11. The summed E-state index contributed by atoms with van der Waals surface area (Å²) in [6.07, 6.45) is 2.20. The summed E-state index contributed by atoms with van der Waals surface area (Å²) >= 11 is 1.68. The minimum absolute atomic E-state index is 0.000980. The summed E-state index contributed by atoms with van der Waals surface area (Å²) in [6, 6.07) is 20.1. The van der Waals surface area contributed by atoms with Gasteiger partial charge >= 0.3 is 0 Å². The van der Waals surface area contributed by atoms with Crippen molar-refractivity contribution in [1.29, 1.82) is 0 Å². The molecular weight excluding hydrogens is 340 g/mol. The van der Waals surface area contributed by atoms with Gasteiger partial charge < -0.3 is 5.32 Å². The first kappa shape index (κ1) is 16.5. The molecule has 0 spiro atoms. The van der Waals surface area contributed by atoms with Gasteiger partial charge in [0.2, 0.25) is 5.91 Å². The third-order valence-corrected chi connectivity index (χ3v) is 5.32. The van der Waals surface area contributed by atoms with Crippen molar-refractivity contribution < 1.29 is 4.79 Å². The van der Waals surface area contributed by atoms with Crippen LogP contribution in [-0.4, -0.2) is 10.9 Å². The average molecular weight is 358 g/mol. The molecule has 0 bridgehead atoms. The first-order chi connectivity index (χ1) is 12.7. The summed E-state index contributed by atoms with van der Waals surface area (Å²) in [7, 11) is 0. The topological polar surface area (TPSA) is 42.0 Å². The molecule has 0 saturated carbocycles. The molecule has 2 heterocycles. The van der Waals surface area contributed by atoms with Crippen molar-refractivity contribution in [3.05, 3.63) is 83.5 Å². The van der Waals surface area contributed by atoms with Crippen molar-refractivity contribution in [2.24, 2.45) is 0 Å². The van der Waals surface area contributed by atoms with Gasteiger partial charge in [-0.15, -0.1) is 11.3 Å². The molecule has 4 heteroatoms. The normalized spacial score (nSPS) is 10.8. The second-order valence-corrected chi connectivity index (χ2v) is 7.16. The number of amides is 1. The molecule has 2 aromatic carbocycles. The Balaban J connectivity index is 1.46. The Labute approximate surface area is 156 Å². The number of hydrogen-bond donors (Lipinski definition) is 1. The number of hydrogen-bond acceptors (Lipinski definition) is 3. The Kier molecular flexibility index (Phi) is 4.50. The molecule has 1 amide bonds. The number of fused-ring (bicyclic) bond motifs is 1. The lowest BCUT2D eigenvalue weighted by Gasteiger charge is -2.07. The molecule has 0 aliphatic rings. The van der Waals surface area contributed by atoms with Crippen LogP contribution in [0.25, 0.3) is 21.2 Å². The summed E-state index contributed by atoms with van der Waals surface area (Å²) < 4.78 is 1.22.